The van der Waals surface area contributed by atoms with Crippen LogP contribution in [0.4, 0.5) is 0 Å². The second-order valence-electron chi connectivity index (χ2n) is 2.71. The molecule has 2 heterocycles. The minimum absolute atomic E-state index is 0.956. The van der Waals surface area contributed by atoms with Gasteiger partial charge in [0.1, 0.15) is 0 Å². The minimum Gasteiger partial charge on any atom is -0.304 e. The third-order valence-corrected chi connectivity index (χ3v) is 3.23. The van der Waals surface area contributed by atoms with Crippen molar-refractivity contribution in [2.24, 2.45) is 0 Å². The summed E-state index contributed by atoms with van der Waals surface area (Å²) in [6, 6.07) is 0. The molecular weight excluding hydrogens is 341 g/mol. The highest BCUT2D eigenvalue weighted by molar-refractivity contribution is 14.1. The molecule has 0 saturated carbocycles. The highest BCUT2D eigenvalue weighted by Gasteiger charge is 2.12. The fraction of sp³-hybridized carbons (Fsp3) is 0.100. The van der Waals surface area contributed by atoms with Crippen LogP contribution in [0.2, 0.25) is 0 Å². The molecule has 3 heteroatoms. The first-order valence-corrected chi connectivity index (χ1v) is 5.80. The average molecular weight is 348 g/mol. The van der Waals surface area contributed by atoms with Crippen molar-refractivity contribution in [3.63, 3.8) is 0 Å². The predicted octanol–water partition coefficient (Wildman–Crippen LogP) is 3.81. The first-order valence-electron chi connectivity index (χ1n) is 3.93. The Morgan fingerprint density at radius 2 is 2.31 bits per heavy atom. The molecule has 2 aliphatic rings. The van der Waals surface area contributed by atoms with E-state index in [-0.39, 0.29) is 0 Å². The topological polar surface area (TPSA) is 3.24 Å². The number of hydrogen-bond acceptors (Lipinski definition) is 1. The van der Waals surface area contributed by atoms with Crippen LogP contribution in [0.15, 0.2) is 50.1 Å². The zero-order chi connectivity index (χ0) is 9.26. The van der Waals surface area contributed by atoms with E-state index in [2.05, 4.69) is 67.5 Å². The summed E-state index contributed by atoms with van der Waals surface area (Å²) in [6.07, 6.45) is 11.3. The lowest BCUT2D eigenvalue weighted by atomic mass is 10.3. The van der Waals surface area contributed by atoms with Gasteiger partial charge in [-0.3, -0.25) is 0 Å². The third-order valence-electron chi connectivity index (χ3n) is 1.80. The van der Waals surface area contributed by atoms with Crippen LogP contribution >= 0.6 is 38.5 Å². The number of rotatable bonds is 0. The van der Waals surface area contributed by atoms with Crippen LogP contribution in [0, 0.1) is 0 Å². The molecule has 0 spiro atoms. The molecule has 1 nitrogen and oxygen atoms in total. The van der Waals surface area contributed by atoms with Crippen molar-refractivity contribution in [2.45, 2.75) is 6.42 Å². The van der Waals surface area contributed by atoms with Crippen molar-refractivity contribution in [1.82, 2.24) is 4.90 Å². The van der Waals surface area contributed by atoms with Gasteiger partial charge < -0.3 is 4.90 Å². The van der Waals surface area contributed by atoms with Gasteiger partial charge in [0.05, 0.1) is 9.40 Å². The maximum atomic E-state index is 3.45. The summed E-state index contributed by atoms with van der Waals surface area (Å²) in [7, 11) is 0. The van der Waals surface area contributed by atoms with E-state index < -0.39 is 0 Å². The Morgan fingerprint density at radius 3 is 3.15 bits per heavy atom. The number of allylic oxidation sites excluding steroid dienone is 4. The largest absolute Gasteiger partial charge is 0.304 e. The van der Waals surface area contributed by atoms with Gasteiger partial charge in [-0.15, -0.1) is 0 Å². The van der Waals surface area contributed by atoms with E-state index in [1.54, 1.807) is 0 Å². The number of fused-ring (bicyclic) bond motifs is 1. The molecule has 0 amide bonds. The van der Waals surface area contributed by atoms with Crippen molar-refractivity contribution in [3.8, 4) is 0 Å². The number of halogens is 2. The van der Waals surface area contributed by atoms with Gasteiger partial charge in [-0.2, -0.15) is 0 Å². The summed E-state index contributed by atoms with van der Waals surface area (Å²) in [5.41, 5.74) is 4.34. The van der Waals surface area contributed by atoms with Crippen LogP contribution in [0.1, 0.15) is 6.42 Å². The third kappa shape index (κ3) is 1.98. The summed E-state index contributed by atoms with van der Waals surface area (Å²) in [4.78, 5) is 2.12. The van der Waals surface area contributed by atoms with Crippen molar-refractivity contribution in [3.05, 3.63) is 50.1 Å². The maximum Gasteiger partial charge on any atom is 0.0886 e. The molecule has 0 aromatic carbocycles. The van der Waals surface area contributed by atoms with E-state index in [0.717, 1.165) is 16.6 Å². The second kappa shape index (κ2) is 3.86. The molecule has 0 saturated heterocycles. The Labute approximate surface area is 99.5 Å². The van der Waals surface area contributed by atoms with Crippen molar-refractivity contribution >= 4 is 38.5 Å². The Hall–Kier alpha value is -0.250. The van der Waals surface area contributed by atoms with Crippen LogP contribution in [0.25, 0.3) is 0 Å². The average Bonchev–Trinajstić information content (AvgIpc) is 2.29. The smallest absolute Gasteiger partial charge is 0.0886 e. The first-order chi connectivity index (χ1) is 6.27. The monoisotopic (exact) mass is 347 g/mol. The molecule has 13 heavy (non-hydrogen) atoms. The second-order valence-corrected chi connectivity index (χ2v) is 4.73. The van der Waals surface area contributed by atoms with Gasteiger partial charge in [-0.05, 0) is 69.2 Å². The summed E-state index contributed by atoms with van der Waals surface area (Å²) in [6.45, 7) is 0. The van der Waals surface area contributed by atoms with Crippen LogP contribution in [0.5, 0.6) is 0 Å². The van der Waals surface area contributed by atoms with Crippen LogP contribution in [0.3, 0.4) is 0 Å². The molecule has 0 aromatic rings. The standard InChI is InChI=1S/C10H7BrIN/c11-8-5-6-9-3-1-2-4-10(12)13(9)7-8/h1,4-7H,2H2. The van der Waals surface area contributed by atoms with Gasteiger partial charge in [0.15, 0.2) is 0 Å². The van der Waals surface area contributed by atoms with E-state index >= 15 is 0 Å². The lowest BCUT2D eigenvalue weighted by Crippen LogP contribution is -2.12. The fourth-order valence-electron chi connectivity index (χ4n) is 1.19. The Bertz CT molecular complexity index is 384. The van der Waals surface area contributed by atoms with Crippen LogP contribution in [-0.2, 0) is 0 Å². The van der Waals surface area contributed by atoms with Gasteiger partial charge in [-0.25, -0.2) is 0 Å². The Morgan fingerprint density at radius 1 is 1.46 bits per heavy atom. The molecule has 0 unspecified atom stereocenters. The van der Waals surface area contributed by atoms with Gasteiger partial charge in [0.2, 0.25) is 0 Å². The summed E-state index contributed by atoms with van der Waals surface area (Å²) >= 11 is 5.79. The molecular formula is C10H7BrIN. The lowest BCUT2D eigenvalue weighted by molar-refractivity contribution is 0.639. The quantitative estimate of drug-likeness (QED) is 0.366. The molecule has 0 bridgehead atoms. The maximum absolute atomic E-state index is 3.45. The minimum atomic E-state index is 0.956. The first kappa shape index (κ1) is 9.31. The van der Waals surface area contributed by atoms with Crippen LogP contribution in [-0.4, -0.2) is 4.90 Å². The SMILES string of the molecule is BrC1=CN2C(=C=CCC=C2I)C=C1. The zero-order valence-corrected chi connectivity index (χ0v) is 10.5. The molecule has 66 valence electrons. The number of nitrogens with zero attached hydrogens (tertiary/aromatic N) is 1. The summed E-state index contributed by atoms with van der Waals surface area (Å²) in [5, 5.41) is 0. The van der Waals surface area contributed by atoms with Crippen molar-refractivity contribution in [1.29, 1.82) is 0 Å². The highest BCUT2D eigenvalue weighted by Crippen LogP contribution is 2.28. The molecule has 0 N–H and O–H groups in total. The lowest BCUT2D eigenvalue weighted by Gasteiger charge is -2.21. The molecule has 0 atom stereocenters. The molecule has 0 aliphatic carbocycles. The summed E-state index contributed by atoms with van der Waals surface area (Å²) in [5.74, 6) is 0. The zero-order valence-electron chi connectivity index (χ0n) is 6.80. The van der Waals surface area contributed by atoms with Gasteiger partial charge in [-0.1, -0.05) is 5.73 Å². The van der Waals surface area contributed by atoms with Gasteiger partial charge >= 0.3 is 0 Å². The van der Waals surface area contributed by atoms with E-state index in [4.69, 9.17) is 0 Å². The Balaban J connectivity index is 2.48. The van der Waals surface area contributed by atoms with Crippen molar-refractivity contribution < 1.29 is 0 Å². The van der Waals surface area contributed by atoms with E-state index in [9.17, 15) is 0 Å². The molecule has 2 aliphatic heterocycles. The van der Waals surface area contributed by atoms with E-state index in [0.29, 0.717) is 0 Å². The van der Waals surface area contributed by atoms with Gasteiger partial charge in [0, 0.05) is 10.7 Å². The Kier molecular flexibility index (Phi) is 2.77. The van der Waals surface area contributed by atoms with Gasteiger partial charge in [0.25, 0.3) is 0 Å². The molecule has 0 fully saturated rings. The number of hydrogen-bond donors (Lipinski definition) is 0. The fourth-order valence-corrected chi connectivity index (χ4v) is 2.18. The van der Waals surface area contributed by atoms with Crippen molar-refractivity contribution in [2.75, 3.05) is 0 Å². The van der Waals surface area contributed by atoms with E-state index in [1.807, 2.05) is 12.2 Å². The van der Waals surface area contributed by atoms with E-state index in [1.165, 1.54) is 3.70 Å². The van der Waals surface area contributed by atoms with Crippen LogP contribution < -0.4 is 0 Å². The summed E-state index contributed by atoms with van der Waals surface area (Å²) < 4.78 is 2.30. The molecule has 0 aromatic heterocycles. The normalized spacial score (nSPS) is 20.2. The predicted molar refractivity (Wildman–Crippen MR) is 66.3 cm³/mol. The highest BCUT2D eigenvalue weighted by atomic mass is 127. The molecule has 2 rings (SSSR count). The molecule has 0 radical (unpaired) electrons.